The van der Waals surface area contributed by atoms with E-state index in [9.17, 15) is 0 Å². The molecule has 0 atom stereocenters. The molecule has 3 nitrogen and oxygen atoms in total. The maximum absolute atomic E-state index is 4.60. The first kappa shape index (κ1) is 34.6. The van der Waals surface area contributed by atoms with E-state index in [1.165, 1.54) is 44.3 Å². The van der Waals surface area contributed by atoms with Gasteiger partial charge in [0.25, 0.3) is 0 Å². The van der Waals surface area contributed by atoms with Crippen LogP contribution in [0.25, 0.3) is 55.5 Å². The van der Waals surface area contributed by atoms with E-state index in [-0.39, 0.29) is 25.5 Å². The van der Waals surface area contributed by atoms with E-state index in [0.717, 1.165) is 33.5 Å². The predicted octanol–water partition coefficient (Wildman–Crippen LogP) is 11.2. The number of aromatic nitrogens is 3. The quantitative estimate of drug-likeness (QED) is 0.166. The molecule has 7 aromatic rings. The van der Waals surface area contributed by atoms with Crippen molar-refractivity contribution in [3.63, 3.8) is 0 Å². The van der Waals surface area contributed by atoms with E-state index in [1.54, 1.807) is 0 Å². The zero-order valence-corrected chi connectivity index (χ0v) is 30.7. The Balaban J connectivity index is 0.000000270. The molecule has 0 saturated heterocycles. The number of nitrogens with zero attached hydrogens (tertiary/aromatic N) is 3. The van der Waals surface area contributed by atoms with E-state index in [0.29, 0.717) is 0 Å². The topological polar surface area (TPSA) is 38.7 Å². The van der Waals surface area contributed by atoms with Gasteiger partial charge >= 0.3 is 0 Å². The van der Waals surface area contributed by atoms with Crippen molar-refractivity contribution in [2.45, 2.75) is 47.0 Å². The molecule has 3 heterocycles. The molecule has 4 heteroatoms. The van der Waals surface area contributed by atoms with Crippen LogP contribution in [-0.2, 0) is 25.5 Å². The molecule has 0 unspecified atom stereocenters. The van der Waals surface area contributed by atoms with Crippen LogP contribution in [0, 0.1) is 32.9 Å². The monoisotopic (exact) mass is 802 g/mol. The van der Waals surface area contributed by atoms with Crippen molar-refractivity contribution in [2.75, 3.05) is 0 Å². The zero-order chi connectivity index (χ0) is 33.0. The standard InChI is InChI=1S/C32H29N2.C12H10N.Ir/c1-21-16-22(2)18-25(17-21)28-11-10-27(29-13-14-33-20-30(28)29)23-6-8-24(9-7-23)31-19-26(12-15-34-31)32(3,4)5;1-10-7-8-13-12(9-10)11-5-3-2-4-6-11;/h6-8,10-20H,1-5H3;2-5,7-9H,1H3;/q2*-1;. The molecule has 0 spiro atoms. The average Bonchev–Trinajstić information content (AvgIpc) is 3.08. The number of aryl methyl sites for hydroxylation is 3. The predicted molar refractivity (Wildman–Crippen MR) is 196 cm³/mol. The second-order valence-electron chi connectivity index (χ2n) is 13.1. The molecule has 0 N–H and O–H groups in total. The number of hydrogen-bond donors (Lipinski definition) is 0. The molecule has 4 aromatic carbocycles. The fourth-order valence-corrected chi connectivity index (χ4v) is 5.86. The van der Waals surface area contributed by atoms with E-state index in [1.807, 2.05) is 55.1 Å². The second kappa shape index (κ2) is 15.0. The Bertz CT molecular complexity index is 2130. The van der Waals surface area contributed by atoms with Gasteiger partial charge in [-0.3, -0.25) is 4.98 Å². The van der Waals surface area contributed by atoms with Crippen molar-refractivity contribution in [1.82, 2.24) is 15.0 Å². The van der Waals surface area contributed by atoms with Crippen LogP contribution in [0.2, 0.25) is 0 Å². The molecule has 0 fully saturated rings. The summed E-state index contributed by atoms with van der Waals surface area (Å²) < 4.78 is 0. The Morgan fingerprint density at radius 2 is 1.25 bits per heavy atom. The summed E-state index contributed by atoms with van der Waals surface area (Å²) in [7, 11) is 0. The van der Waals surface area contributed by atoms with Crippen LogP contribution in [0.1, 0.15) is 43.0 Å². The summed E-state index contributed by atoms with van der Waals surface area (Å²) >= 11 is 0. The smallest absolute Gasteiger partial charge is 0.0352 e. The molecule has 48 heavy (non-hydrogen) atoms. The second-order valence-corrected chi connectivity index (χ2v) is 13.1. The minimum atomic E-state index is 0. The van der Waals surface area contributed by atoms with Gasteiger partial charge in [-0.15, -0.1) is 65.7 Å². The summed E-state index contributed by atoms with van der Waals surface area (Å²) in [6, 6.07) is 42.4. The minimum absolute atomic E-state index is 0. The van der Waals surface area contributed by atoms with Crippen LogP contribution in [-0.4, -0.2) is 15.0 Å². The van der Waals surface area contributed by atoms with Gasteiger partial charge in [-0.1, -0.05) is 91.1 Å². The van der Waals surface area contributed by atoms with Crippen LogP contribution in [0.4, 0.5) is 0 Å². The van der Waals surface area contributed by atoms with Gasteiger partial charge in [-0.25, -0.2) is 0 Å². The van der Waals surface area contributed by atoms with Crippen molar-refractivity contribution in [2.24, 2.45) is 0 Å². The average molecular weight is 802 g/mol. The van der Waals surface area contributed by atoms with Crippen molar-refractivity contribution in [3.8, 4) is 44.8 Å². The summed E-state index contributed by atoms with van der Waals surface area (Å²) in [5.74, 6) is 0. The fourth-order valence-electron chi connectivity index (χ4n) is 5.86. The van der Waals surface area contributed by atoms with Gasteiger partial charge < -0.3 is 9.97 Å². The SMILES string of the molecule is Cc1cc(C)cc(-c2ccc(-c3c[c-]c(-c4cc(C(C)(C)C)ccn4)cc3)c3ccncc23)c1.Cc1ccnc(-c2[c-]cccc2)c1.[Ir]. The van der Waals surface area contributed by atoms with Crippen molar-refractivity contribution in [3.05, 3.63) is 162 Å². The minimum Gasteiger partial charge on any atom is -0.305 e. The molecule has 0 saturated carbocycles. The number of fused-ring (bicyclic) bond motifs is 1. The molecule has 241 valence electrons. The van der Waals surface area contributed by atoms with Crippen LogP contribution < -0.4 is 0 Å². The Hall–Kier alpha value is -4.76. The molecule has 3 aromatic heterocycles. The summed E-state index contributed by atoms with van der Waals surface area (Å²) in [5.41, 5.74) is 13.9. The molecular formula is C44H39IrN3-2. The number of rotatable bonds is 4. The van der Waals surface area contributed by atoms with Gasteiger partial charge in [0.05, 0.1) is 0 Å². The summed E-state index contributed by atoms with van der Waals surface area (Å²) in [6.45, 7) is 13.0. The first-order valence-corrected chi connectivity index (χ1v) is 16.0. The molecule has 0 amide bonds. The Morgan fingerprint density at radius 1 is 0.562 bits per heavy atom. The van der Waals surface area contributed by atoms with E-state index in [4.69, 9.17) is 0 Å². The third-order valence-corrected chi connectivity index (χ3v) is 8.28. The first-order valence-electron chi connectivity index (χ1n) is 16.0. The molecule has 0 aliphatic heterocycles. The third kappa shape index (κ3) is 8.02. The summed E-state index contributed by atoms with van der Waals surface area (Å²) in [6.07, 6.45) is 7.57. The number of hydrogen-bond acceptors (Lipinski definition) is 3. The molecule has 0 aliphatic carbocycles. The molecular weight excluding hydrogens is 763 g/mol. The molecule has 7 rings (SSSR count). The third-order valence-electron chi connectivity index (χ3n) is 8.28. The van der Waals surface area contributed by atoms with Gasteiger partial charge in [0, 0.05) is 50.3 Å². The Labute approximate surface area is 298 Å². The van der Waals surface area contributed by atoms with E-state index in [2.05, 4.69) is 141 Å². The van der Waals surface area contributed by atoms with Crippen LogP contribution in [0.15, 0.2) is 128 Å². The van der Waals surface area contributed by atoms with Crippen LogP contribution in [0.5, 0.6) is 0 Å². The van der Waals surface area contributed by atoms with Gasteiger partial charge in [0.2, 0.25) is 0 Å². The maximum atomic E-state index is 4.60. The van der Waals surface area contributed by atoms with E-state index >= 15 is 0 Å². The number of pyridine rings is 3. The van der Waals surface area contributed by atoms with Crippen LogP contribution in [0.3, 0.4) is 0 Å². The van der Waals surface area contributed by atoms with Gasteiger partial charge in [-0.2, -0.15) is 0 Å². The van der Waals surface area contributed by atoms with Crippen molar-refractivity contribution in [1.29, 1.82) is 0 Å². The molecule has 0 bridgehead atoms. The largest absolute Gasteiger partial charge is 0.305 e. The van der Waals surface area contributed by atoms with Crippen molar-refractivity contribution >= 4 is 10.8 Å². The van der Waals surface area contributed by atoms with Gasteiger partial charge in [-0.05, 0) is 77.8 Å². The van der Waals surface area contributed by atoms with Gasteiger partial charge in [0.15, 0.2) is 0 Å². The zero-order valence-electron chi connectivity index (χ0n) is 28.3. The van der Waals surface area contributed by atoms with E-state index < -0.39 is 0 Å². The summed E-state index contributed by atoms with van der Waals surface area (Å²) in [4.78, 5) is 13.3. The Kier molecular flexibility index (Phi) is 10.8. The fraction of sp³-hybridized carbons (Fsp3) is 0.159. The first-order chi connectivity index (χ1) is 22.7. The van der Waals surface area contributed by atoms with Crippen molar-refractivity contribution < 1.29 is 20.1 Å². The number of benzene rings is 4. The Morgan fingerprint density at radius 3 is 1.90 bits per heavy atom. The molecule has 1 radical (unpaired) electrons. The normalized spacial score (nSPS) is 11.0. The molecule has 0 aliphatic rings. The van der Waals surface area contributed by atoms with Gasteiger partial charge in [0.1, 0.15) is 0 Å². The maximum Gasteiger partial charge on any atom is 0.0352 e. The van der Waals surface area contributed by atoms with Crippen LogP contribution >= 0.6 is 0 Å². The summed E-state index contributed by atoms with van der Waals surface area (Å²) in [5, 5.41) is 2.36.